The van der Waals surface area contributed by atoms with Crippen LogP contribution in [0.3, 0.4) is 0 Å². The molecule has 18 heavy (non-hydrogen) atoms. The lowest BCUT2D eigenvalue weighted by molar-refractivity contribution is 0.0602. The van der Waals surface area contributed by atoms with Gasteiger partial charge in [-0.3, -0.25) is 0 Å². The van der Waals surface area contributed by atoms with Crippen molar-refractivity contribution in [3.8, 4) is 0 Å². The molecule has 1 aromatic rings. The summed E-state index contributed by atoms with van der Waals surface area (Å²) in [6, 6.07) is 5.23. The molecule has 100 valence electrons. The van der Waals surface area contributed by atoms with Crippen LogP contribution in [0.1, 0.15) is 37.6 Å². The molecular weight excluding hydrogens is 228 g/mol. The van der Waals surface area contributed by atoms with Gasteiger partial charge in [0.1, 0.15) is 0 Å². The number of ether oxygens (including phenoxy) is 1. The Labute approximate surface area is 109 Å². The highest BCUT2D eigenvalue weighted by atomic mass is 16.5. The number of benzene rings is 1. The zero-order chi connectivity index (χ0) is 13.8. The number of nitrogens with one attached hydrogen (secondary N) is 1. The smallest absolute Gasteiger partial charge is 0.340 e. The summed E-state index contributed by atoms with van der Waals surface area (Å²) in [6.07, 6.45) is 0.988. The van der Waals surface area contributed by atoms with Gasteiger partial charge in [-0.25, -0.2) is 4.79 Å². The maximum Gasteiger partial charge on any atom is 0.340 e. The molecule has 0 atom stereocenters. The number of esters is 1. The molecule has 4 nitrogen and oxygen atoms in total. The number of para-hydroxylation sites is 1. The first-order valence-electron chi connectivity index (χ1n) is 6.06. The van der Waals surface area contributed by atoms with Crippen LogP contribution >= 0.6 is 0 Å². The SMILES string of the molecule is COC(=O)c1cccc(N)c1NCCC(C)(C)C. The molecule has 1 aromatic carbocycles. The Morgan fingerprint density at radius 3 is 2.61 bits per heavy atom. The van der Waals surface area contributed by atoms with E-state index in [0.717, 1.165) is 13.0 Å². The van der Waals surface area contributed by atoms with Gasteiger partial charge in [0.05, 0.1) is 24.0 Å². The van der Waals surface area contributed by atoms with Crippen LogP contribution in [0.5, 0.6) is 0 Å². The van der Waals surface area contributed by atoms with Gasteiger partial charge < -0.3 is 15.8 Å². The highest BCUT2D eigenvalue weighted by molar-refractivity contribution is 5.98. The fraction of sp³-hybridized carbons (Fsp3) is 0.500. The average molecular weight is 250 g/mol. The third kappa shape index (κ3) is 3.95. The zero-order valence-corrected chi connectivity index (χ0v) is 11.5. The molecule has 0 radical (unpaired) electrons. The molecule has 0 aromatic heterocycles. The minimum absolute atomic E-state index is 0.238. The topological polar surface area (TPSA) is 64.3 Å². The molecule has 0 heterocycles. The van der Waals surface area contributed by atoms with Crippen LogP contribution in [0.2, 0.25) is 0 Å². The lowest BCUT2D eigenvalue weighted by atomic mass is 9.92. The maximum absolute atomic E-state index is 11.6. The number of nitrogen functional groups attached to an aromatic ring is 1. The monoisotopic (exact) mass is 250 g/mol. The van der Waals surface area contributed by atoms with E-state index in [2.05, 4.69) is 26.1 Å². The van der Waals surface area contributed by atoms with Crippen LogP contribution in [-0.2, 0) is 4.74 Å². The molecule has 4 heteroatoms. The number of carbonyl (C=O) groups is 1. The zero-order valence-electron chi connectivity index (χ0n) is 11.5. The van der Waals surface area contributed by atoms with Crippen LogP contribution in [0, 0.1) is 5.41 Å². The van der Waals surface area contributed by atoms with Gasteiger partial charge in [0, 0.05) is 6.54 Å². The first-order chi connectivity index (χ1) is 8.35. The van der Waals surface area contributed by atoms with Crippen molar-refractivity contribution in [2.24, 2.45) is 5.41 Å². The van der Waals surface area contributed by atoms with E-state index in [1.807, 2.05) is 0 Å². The van der Waals surface area contributed by atoms with E-state index in [4.69, 9.17) is 10.5 Å². The second kappa shape index (κ2) is 5.76. The van der Waals surface area contributed by atoms with Gasteiger partial charge in [0.15, 0.2) is 0 Å². The van der Waals surface area contributed by atoms with Crippen molar-refractivity contribution >= 4 is 17.3 Å². The third-order valence-corrected chi connectivity index (χ3v) is 2.68. The van der Waals surface area contributed by atoms with E-state index in [9.17, 15) is 4.79 Å². The Morgan fingerprint density at radius 1 is 1.39 bits per heavy atom. The molecule has 3 N–H and O–H groups in total. The normalized spacial score (nSPS) is 11.1. The van der Waals surface area contributed by atoms with Gasteiger partial charge in [-0.05, 0) is 24.0 Å². The van der Waals surface area contributed by atoms with Crippen LogP contribution in [0.4, 0.5) is 11.4 Å². The first-order valence-corrected chi connectivity index (χ1v) is 6.06. The number of hydrogen-bond acceptors (Lipinski definition) is 4. The minimum atomic E-state index is -0.374. The van der Waals surface area contributed by atoms with Crippen molar-refractivity contribution in [3.63, 3.8) is 0 Å². The van der Waals surface area contributed by atoms with Gasteiger partial charge in [-0.1, -0.05) is 26.8 Å². The van der Waals surface area contributed by atoms with Crippen molar-refractivity contribution in [3.05, 3.63) is 23.8 Å². The summed E-state index contributed by atoms with van der Waals surface area (Å²) in [6.45, 7) is 7.28. The summed E-state index contributed by atoms with van der Waals surface area (Å²) in [5.74, 6) is -0.374. The van der Waals surface area contributed by atoms with E-state index in [1.165, 1.54) is 7.11 Å². The Balaban J connectivity index is 2.83. The third-order valence-electron chi connectivity index (χ3n) is 2.68. The molecule has 0 aliphatic carbocycles. The first kappa shape index (κ1) is 14.4. The lowest BCUT2D eigenvalue weighted by Gasteiger charge is -2.20. The molecule has 0 bridgehead atoms. The summed E-state index contributed by atoms with van der Waals surface area (Å²) in [5, 5.41) is 3.23. The summed E-state index contributed by atoms with van der Waals surface area (Å²) in [4.78, 5) is 11.6. The molecule has 0 aliphatic heterocycles. The van der Waals surface area contributed by atoms with Crippen molar-refractivity contribution in [2.75, 3.05) is 24.7 Å². The molecule has 0 saturated heterocycles. The van der Waals surface area contributed by atoms with Gasteiger partial charge in [0.25, 0.3) is 0 Å². The summed E-state index contributed by atoms with van der Waals surface area (Å²) >= 11 is 0. The second-order valence-electron chi connectivity index (χ2n) is 5.50. The Kier molecular flexibility index (Phi) is 4.59. The maximum atomic E-state index is 11.6. The van der Waals surface area contributed by atoms with Gasteiger partial charge >= 0.3 is 5.97 Å². The Morgan fingerprint density at radius 2 is 2.06 bits per heavy atom. The van der Waals surface area contributed by atoms with Crippen molar-refractivity contribution in [2.45, 2.75) is 27.2 Å². The molecule has 0 amide bonds. The lowest BCUT2D eigenvalue weighted by Crippen LogP contribution is -2.16. The fourth-order valence-electron chi connectivity index (χ4n) is 1.61. The molecule has 0 aliphatic rings. The van der Waals surface area contributed by atoms with E-state index < -0.39 is 0 Å². The number of methoxy groups -OCH3 is 1. The van der Waals surface area contributed by atoms with Gasteiger partial charge in [-0.15, -0.1) is 0 Å². The van der Waals surface area contributed by atoms with Crippen LogP contribution in [-0.4, -0.2) is 19.6 Å². The summed E-state index contributed by atoms with van der Waals surface area (Å²) < 4.78 is 4.74. The van der Waals surface area contributed by atoms with Gasteiger partial charge in [-0.2, -0.15) is 0 Å². The molecular formula is C14H22N2O2. The molecule has 0 spiro atoms. The number of rotatable bonds is 4. The van der Waals surface area contributed by atoms with Crippen molar-refractivity contribution in [1.82, 2.24) is 0 Å². The van der Waals surface area contributed by atoms with Crippen molar-refractivity contribution < 1.29 is 9.53 Å². The van der Waals surface area contributed by atoms with E-state index in [1.54, 1.807) is 18.2 Å². The van der Waals surface area contributed by atoms with Crippen molar-refractivity contribution in [1.29, 1.82) is 0 Å². The summed E-state index contributed by atoms with van der Waals surface area (Å²) in [7, 11) is 1.37. The Bertz CT molecular complexity index is 422. The molecule has 1 rings (SSSR count). The Hall–Kier alpha value is -1.71. The predicted octanol–water partition coefficient (Wildman–Crippen LogP) is 2.90. The standard InChI is InChI=1S/C14H22N2O2/c1-14(2,3)8-9-16-12-10(13(17)18-4)6-5-7-11(12)15/h5-7,16H,8-9,15H2,1-4H3. The van der Waals surface area contributed by atoms with E-state index >= 15 is 0 Å². The minimum Gasteiger partial charge on any atom is -0.465 e. The van der Waals surface area contributed by atoms with Crippen LogP contribution < -0.4 is 11.1 Å². The summed E-state index contributed by atoms with van der Waals surface area (Å²) in [5.41, 5.74) is 7.83. The fourth-order valence-corrected chi connectivity index (χ4v) is 1.61. The number of hydrogen-bond donors (Lipinski definition) is 2. The van der Waals surface area contributed by atoms with Crippen LogP contribution in [0.15, 0.2) is 18.2 Å². The number of anilines is 2. The predicted molar refractivity (Wildman–Crippen MR) is 74.8 cm³/mol. The van der Waals surface area contributed by atoms with E-state index in [0.29, 0.717) is 16.9 Å². The molecule has 0 saturated carbocycles. The average Bonchev–Trinajstić information content (AvgIpc) is 2.28. The van der Waals surface area contributed by atoms with Crippen LogP contribution in [0.25, 0.3) is 0 Å². The van der Waals surface area contributed by atoms with E-state index in [-0.39, 0.29) is 11.4 Å². The second-order valence-corrected chi connectivity index (χ2v) is 5.50. The molecule has 0 unspecified atom stereocenters. The highest BCUT2D eigenvalue weighted by Crippen LogP contribution is 2.25. The highest BCUT2D eigenvalue weighted by Gasteiger charge is 2.15. The molecule has 0 fully saturated rings. The number of nitrogens with two attached hydrogens (primary N) is 1. The number of carbonyl (C=O) groups excluding carboxylic acids is 1. The quantitative estimate of drug-likeness (QED) is 0.637. The largest absolute Gasteiger partial charge is 0.465 e. The van der Waals surface area contributed by atoms with Gasteiger partial charge in [0.2, 0.25) is 0 Å².